The minimum absolute atomic E-state index is 0.0488. The van der Waals surface area contributed by atoms with E-state index >= 15 is 0 Å². The highest BCUT2D eigenvalue weighted by Gasteiger charge is 2.56. The van der Waals surface area contributed by atoms with E-state index in [1.807, 2.05) is 0 Å². The van der Waals surface area contributed by atoms with Crippen molar-refractivity contribution in [3.05, 3.63) is 41.2 Å². The Morgan fingerprint density at radius 3 is 2.62 bits per heavy atom. The standard InChI is InChI=1S/C23H28N4O5/c1-15-18(25-32-24-15)14-26(2)20(28)12-23(17-10-6-7-11-19(17)31-3)13-21(29)27(22(23)30)16-8-4-5-9-16/h6-7,10-11,16H,4-5,8-9,12-14H2,1-3H3. The molecule has 1 aliphatic heterocycles. The first kappa shape index (κ1) is 22.0. The SMILES string of the molecule is COc1ccccc1C1(CC(=O)N(C)Cc2nonc2C)CC(=O)N(C2CCCC2)C1=O. The molecule has 9 heteroatoms. The van der Waals surface area contributed by atoms with Crippen molar-refractivity contribution >= 4 is 17.7 Å². The van der Waals surface area contributed by atoms with Crippen molar-refractivity contribution < 1.29 is 23.7 Å². The van der Waals surface area contributed by atoms with E-state index in [2.05, 4.69) is 10.3 Å². The number of para-hydroxylation sites is 1. The largest absolute Gasteiger partial charge is 0.496 e. The summed E-state index contributed by atoms with van der Waals surface area (Å²) in [5.74, 6) is -0.304. The first-order valence-corrected chi connectivity index (χ1v) is 10.9. The lowest BCUT2D eigenvalue weighted by Gasteiger charge is -2.31. The lowest BCUT2D eigenvalue weighted by atomic mass is 9.75. The zero-order valence-corrected chi connectivity index (χ0v) is 18.7. The molecule has 0 N–H and O–H groups in total. The number of hydrogen-bond donors (Lipinski definition) is 0. The molecule has 2 aromatic rings. The fraction of sp³-hybridized carbons (Fsp3) is 0.522. The number of carbonyl (C=O) groups is 3. The molecular formula is C23H28N4O5. The second-order valence-electron chi connectivity index (χ2n) is 8.69. The normalized spacial score (nSPS) is 21.4. The number of likely N-dealkylation sites (tertiary alicyclic amines) is 1. The highest BCUT2D eigenvalue weighted by molar-refractivity contribution is 6.11. The summed E-state index contributed by atoms with van der Waals surface area (Å²) in [5, 5.41) is 7.58. The van der Waals surface area contributed by atoms with Crippen molar-refractivity contribution in [2.75, 3.05) is 14.2 Å². The topological polar surface area (TPSA) is 106 Å². The molecule has 4 rings (SSSR count). The first-order valence-electron chi connectivity index (χ1n) is 10.9. The van der Waals surface area contributed by atoms with Gasteiger partial charge in [0.15, 0.2) is 0 Å². The summed E-state index contributed by atoms with van der Waals surface area (Å²) in [5.41, 5.74) is 0.425. The van der Waals surface area contributed by atoms with Crippen LogP contribution in [0.3, 0.4) is 0 Å². The van der Waals surface area contributed by atoms with E-state index in [1.165, 1.54) is 16.9 Å². The summed E-state index contributed by atoms with van der Waals surface area (Å²) in [6, 6.07) is 7.05. The Labute approximate surface area is 186 Å². The van der Waals surface area contributed by atoms with Crippen molar-refractivity contribution in [1.29, 1.82) is 0 Å². The monoisotopic (exact) mass is 440 g/mol. The van der Waals surface area contributed by atoms with Crippen LogP contribution in [-0.4, -0.2) is 58.0 Å². The van der Waals surface area contributed by atoms with Gasteiger partial charge in [-0.15, -0.1) is 0 Å². The zero-order valence-electron chi connectivity index (χ0n) is 18.7. The molecule has 1 saturated heterocycles. The predicted octanol–water partition coefficient (Wildman–Crippen LogP) is 2.37. The number of nitrogens with zero attached hydrogens (tertiary/aromatic N) is 4. The predicted molar refractivity (Wildman–Crippen MR) is 114 cm³/mol. The number of amides is 3. The molecule has 1 aromatic heterocycles. The fourth-order valence-corrected chi connectivity index (χ4v) is 4.88. The van der Waals surface area contributed by atoms with E-state index in [4.69, 9.17) is 9.37 Å². The second kappa shape index (κ2) is 8.72. The van der Waals surface area contributed by atoms with Gasteiger partial charge in [0, 0.05) is 31.5 Å². The molecule has 32 heavy (non-hydrogen) atoms. The van der Waals surface area contributed by atoms with E-state index in [0.717, 1.165) is 25.7 Å². The molecule has 1 aromatic carbocycles. The summed E-state index contributed by atoms with van der Waals surface area (Å²) in [6.45, 7) is 1.95. The van der Waals surface area contributed by atoms with Crippen LogP contribution in [0.1, 0.15) is 55.5 Å². The Balaban J connectivity index is 1.69. The average Bonchev–Trinajstić information content (AvgIpc) is 3.50. The molecule has 1 aliphatic carbocycles. The van der Waals surface area contributed by atoms with Crippen LogP contribution in [0.5, 0.6) is 5.75 Å². The summed E-state index contributed by atoms with van der Waals surface area (Å²) in [7, 11) is 3.17. The van der Waals surface area contributed by atoms with Crippen molar-refractivity contribution in [1.82, 2.24) is 20.1 Å². The third-order valence-corrected chi connectivity index (χ3v) is 6.67. The highest BCUT2D eigenvalue weighted by Crippen LogP contribution is 2.46. The van der Waals surface area contributed by atoms with Gasteiger partial charge in [0.1, 0.15) is 17.1 Å². The van der Waals surface area contributed by atoms with Gasteiger partial charge < -0.3 is 9.64 Å². The third-order valence-electron chi connectivity index (χ3n) is 6.67. The maximum absolute atomic E-state index is 13.9. The molecule has 3 amide bonds. The summed E-state index contributed by atoms with van der Waals surface area (Å²) in [4.78, 5) is 43.2. The molecule has 2 fully saturated rings. The van der Waals surface area contributed by atoms with Crippen LogP contribution in [0.2, 0.25) is 0 Å². The molecule has 1 saturated carbocycles. The second-order valence-corrected chi connectivity index (χ2v) is 8.69. The minimum Gasteiger partial charge on any atom is -0.496 e. The Bertz CT molecular complexity index is 1030. The average molecular weight is 441 g/mol. The zero-order chi connectivity index (χ0) is 22.9. The maximum atomic E-state index is 13.9. The number of ether oxygens (including phenoxy) is 1. The summed E-state index contributed by atoms with van der Waals surface area (Å²) < 4.78 is 10.3. The van der Waals surface area contributed by atoms with E-state index in [1.54, 1.807) is 38.2 Å². The van der Waals surface area contributed by atoms with Crippen molar-refractivity contribution in [3.8, 4) is 5.75 Å². The van der Waals surface area contributed by atoms with Crippen LogP contribution in [0.4, 0.5) is 0 Å². The van der Waals surface area contributed by atoms with Crippen molar-refractivity contribution in [2.24, 2.45) is 0 Å². The van der Waals surface area contributed by atoms with Crippen LogP contribution in [0, 0.1) is 6.92 Å². The number of hydrogen-bond acceptors (Lipinski definition) is 7. The molecule has 1 unspecified atom stereocenters. The molecule has 2 aliphatic rings. The number of benzene rings is 1. The molecule has 170 valence electrons. The van der Waals surface area contributed by atoms with Crippen molar-refractivity contribution in [3.63, 3.8) is 0 Å². The number of aryl methyl sites for hydroxylation is 1. The molecule has 9 nitrogen and oxygen atoms in total. The summed E-state index contributed by atoms with van der Waals surface area (Å²) >= 11 is 0. The van der Waals surface area contributed by atoms with Gasteiger partial charge in [0.05, 0.1) is 19.1 Å². The quantitative estimate of drug-likeness (QED) is 0.609. The first-order chi connectivity index (χ1) is 15.4. The number of carbonyl (C=O) groups excluding carboxylic acids is 3. The van der Waals surface area contributed by atoms with Gasteiger partial charge in [-0.25, -0.2) is 4.63 Å². The lowest BCUT2D eigenvalue weighted by Crippen LogP contribution is -2.45. The van der Waals surface area contributed by atoms with Gasteiger partial charge >= 0.3 is 0 Å². The van der Waals surface area contributed by atoms with Gasteiger partial charge in [-0.1, -0.05) is 41.4 Å². The number of imide groups is 1. The highest BCUT2D eigenvalue weighted by atomic mass is 16.6. The van der Waals surface area contributed by atoms with Gasteiger partial charge in [0.2, 0.25) is 17.7 Å². The van der Waals surface area contributed by atoms with E-state index in [-0.39, 0.29) is 43.1 Å². The Morgan fingerprint density at radius 2 is 1.97 bits per heavy atom. The summed E-state index contributed by atoms with van der Waals surface area (Å²) in [6.07, 6.45) is 3.43. The van der Waals surface area contributed by atoms with Crippen LogP contribution in [0.15, 0.2) is 28.9 Å². The van der Waals surface area contributed by atoms with Crippen LogP contribution in [-0.2, 0) is 26.3 Å². The molecular weight excluding hydrogens is 412 g/mol. The van der Waals surface area contributed by atoms with Gasteiger partial charge in [-0.2, -0.15) is 0 Å². The van der Waals surface area contributed by atoms with Gasteiger partial charge in [0.25, 0.3) is 0 Å². The number of rotatable bonds is 7. The Kier molecular flexibility index (Phi) is 5.99. The van der Waals surface area contributed by atoms with E-state index in [9.17, 15) is 14.4 Å². The smallest absolute Gasteiger partial charge is 0.241 e. The molecule has 0 radical (unpaired) electrons. The number of aromatic nitrogens is 2. The Hall–Kier alpha value is -3.23. The van der Waals surface area contributed by atoms with E-state index in [0.29, 0.717) is 22.7 Å². The van der Waals surface area contributed by atoms with Crippen LogP contribution < -0.4 is 4.74 Å². The fourth-order valence-electron chi connectivity index (χ4n) is 4.88. The van der Waals surface area contributed by atoms with Crippen LogP contribution >= 0.6 is 0 Å². The number of methoxy groups -OCH3 is 1. The molecule has 0 spiro atoms. The molecule has 1 atom stereocenters. The van der Waals surface area contributed by atoms with Crippen LogP contribution in [0.25, 0.3) is 0 Å². The van der Waals surface area contributed by atoms with E-state index < -0.39 is 5.41 Å². The third kappa shape index (κ3) is 3.76. The van der Waals surface area contributed by atoms with Gasteiger partial charge in [-0.3, -0.25) is 19.3 Å². The molecule has 0 bridgehead atoms. The Morgan fingerprint density at radius 1 is 1.25 bits per heavy atom. The van der Waals surface area contributed by atoms with Crippen molar-refractivity contribution in [2.45, 2.75) is 63.5 Å². The maximum Gasteiger partial charge on any atom is 0.241 e. The molecule has 2 heterocycles. The van der Waals surface area contributed by atoms with Gasteiger partial charge in [-0.05, 0) is 25.8 Å². The minimum atomic E-state index is -1.30. The lowest BCUT2D eigenvalue weighted by molar-refractivity contribution is -0.144.